The van der Waals surface area contributed by atoms with Crippen molar-refractivity contribution in [2.45, 2.75) is 53.1 Å². The van der Waals surface area contributed by atoms with Crippen molar-refractivity contribution in [3.8, 4) is 0 Å². The van der Waals surface area contributed by atoms with Gasteiger partial charge in [0, 0.05) is 0 Å². The lowest BCUT2D eigenvalue weighted by Crippen LogP contribution is -2.17. The first-order chi connectivity index (χ1) is 7.79. The maximum Gasteiger partial charge on any atom is 0.0594 e. The SMILES string of the molecule is Cc1cc(C)c(/C=C/CCC(C)(C)O)c(C)c1. The summed E-state index contributed by atoms with van der Waals surface area (Å²) in [4.78, 5) is 0. The Kier molecular flexibility index (Phi) is 4.53. The van der Waals surface area contributed by atoms with Crippen LogP contribution in [0.15, 0.2) is 18.2 Å². The van der Waals surface area contributed by atoms with E-state index in [1.807, 2.05) is 13.8 Å². The molecule has 0 saturated heterocycles. The second-order valence-electron chi connectivity index (χ2n) is 5.57. The molecule has 0 fully saturated rings. The van der Waals surface area contributed by atoms with Crippen molar-refractivity contribution in [1.82, 2.24) is 0 Å². The highest BCUT2D eigenvalue weighted by atomic mass is 16.3. The molecule has 1 aromatic rings. The highest BCUT2D eigenvalue weighted by molar-refractivity contribution is 5.58. The van der Waals surface area contributed by atoms with E-state index in [2.05, 4.69) is 45.1 Å². The summed E-state index contributed by atoms with van der Waals surface area (Å²) in [6, 6.07) is 4.42. The van der Waals surface area contributed by atoms with E-state index in [9.17, 15) is 5.11 Å². The molecule has 0 heterocycles. The smallest absolute Gasteiger partial charge is 0.0594 e. The third-order valence-corrected chi connectivity index (χ3v) is 2.95. The summed E-state index contributed by atoms with van der Waals surface area (Å²) in [6.45, 7) is 10.1. The Bertz CT molecular complexity index is 385. The van der Waals surface area contributed by atoms with Crippen molar-refractivity contribution in [2.24, 2.45) is 0 Å². The van der Waals surface area contributed by atoms with Gasteiger partial charge < -0.3 is 5.11 Å². The predicted octanol–water partition coefficient (Wildman–Crippen LogP) is 4.18. The fourth-order valence-corrected chi connectivity index (χ4v) is 2.09. The first-order valence-corrected chi connectivity index (χ1v) is 6.26. The van der Waals surface area contributed by atoms with Crippen molar-refractivity contribution >= 4 is 6.08 Å². The minimum absolute atomic E-state index is 0.568. The number of aliphatic hydroxyl groups is 1. The zero-order chi connectivity index (χ0) is 13.1. The molecule has 1 aromatic carbocycles. The summed E-state index contributed by atoms with van der Waals surface area (Å²) in [5, 5.41) is 9.63. The molecule has 0 unspecified atom stereocenters. The summed E-state index contributed by atoms with van der Waals surface area (Å²) in [5.41, 5.74) is 4.70. The number of allylic oxidation sites excluding steroid dienone is 1. The summed E-state index contributed by atoms with van der Waals surface area (Å²) in [6.07, 6.45) is 6.04. The normalized spacial score (nSPS) is 12.4. The number of rotatable bonds is 4. The van der Waals surface area contributed by atoms with Crippen LogP contribution in [0.3, 0.4) is 0 Å². The molecule has 94 valence electrons. The van der Waals surface area contributed by atoms with Gasteiger partial charge in [0.15, 0.2) is 0 Å². The van der Waals surface area contributed by atoms with E-state index in [4.69, 9.17) is 0 Å². The number of hydrogen-bond donors (Lipinski definition) is 1. The number of hydrogen-bond acceptors (Lipinski definition) is 1. The van der Waals surface area contributed by atoms with Gasteiger partial charge in [0.1, 0.15) is 0 Å². The molecule has 1 nitrogen and oxygen atoms in total. The summed E-state index contributed by atoms with van der Waals surface area (Å²) in [7, 11) is 0. The maximum absolute atomic E-state index is 9.63. The van der Waals surface area contributed by atoms with E-state index >= 15 is 0 Å². The lowest BCUT2D eigenvalue weighted by molar-refractivity contribution is 0.0722. The van der Waals surface area contributed by atoms with E-state index in [1.54, 1.807) is 0 Å². The van der Waals surface area contributed by atoms with Gasteiger partial charge in [-0.15, -0.1) is 0 Å². The van der Waals surface area contributed by atoms with Crippen LogP contribution in [0.2, 0.25) is 0 Å². The Morgan fingerprint density at radius 1 is 1.12 bits per heavy atom. The van der Waals surface area contributed by atoms with Crippen LogP contribution in [0, 0.1) is 20.8 Å². The molecule has 0 aliphatic rings. The van der Waals surface area contributed by atoms with Gasteiger partial charge in [-0.3, -0.25) is 0 Å². The highest BCUT2D eigenvalue weighted by Gasteiger charge is 2.09. The molecule has 0 bridgehead atoms. The minimum Gasteiger partial charge on any atom is -0.390 e. The van der Waals surface area contributed by atoms with E-state index in [0.717, 1.165) is 12.8 Å². The average molecular weight is 232 g/mol. The molecular formula is C16H24O. The van der Waals surface area contributed by atoms with Crippen molar-refractivity contribution in [3.05, 3.63) is 40.5 Å². The van der Waals surface area contributed by atoms with E-state index in [1.165, 1.54) is 22.3 Å². The first kappa shape index (κ1) is 14.0. The van der Waals surface area contributed by atoms with Crippen LogP contribution in [-0.4, -0.2) is 10.7 Å². The lowest BCUT2D eigenvalue weighted by Gasteiger charge is -2.15. The Morgan fingerprint density at radius 3 is 2.12 bits per heavy atom. The first-order valence-electron chi connectivity index (χ1n) is 6.26. The fraction of sp³-hybridized carbons (Fsp3) is 0.500. The van der Waals surface area contributed by atoms with Crippen molar-refractivity contribution in [2.75, 3.05) is 0 Å². The lowest BCUT2D eigenvalue weighted by atomic mass is 9.98. The average Bonchev–Trinajstić information content (AvgIpc) is 2.13. The zero-order valence-corrected chi connectivity index (χ0v) is 11.7. The largest absolute Gasteiger partial charge is 0.390 e. The van der Waals surface area contributed by atoms with Gasteiger partial charge in [-0.05, 0) is 64.2 Å². The second-order valence-corrected chi connectivity index (χ2v) is 5.57. The number of benzene rings is 1. The fourth-order valence-electron chi connectivity index (χ4n) is 2.09. The van der Waals surface area contributed by atoms with Crippen LogP contribution in [0.25, 0.3) is 6.08 Å². The standard InChI is InChI=1S/C16H24O/c1-12-10-13(2)15(14(3)11-12)8-6-7-9-16(4,5)17/h6,8,10-11,17H,7,9H2,1-5H3/b8-6+. The molecule has 0 atom stereocenters. The third-order valence-electron chi connectivity index (χ3n) is 2.95. The number of aryl methyl sites for hydroxylation is 3. The van der Waals surface area contributed by atoms with Gasteiger partial charge in [0.2, 0.25) is 0 Å². The molecule has 0 radical (unpaired) electrons. The van der Waals surface area contributed by atoms with Crippen LogP contribution in [0.4, 0.5) is 0 Å². The molecule has 0 saturated carbocycles. The van der Waals surface area contributed by atoms with Crippen LogP contribution in [-0.2, 0) is 0 Å². The molecule has 0 amide bonds. The Balaban J connectivity index is 2.72. The molecule has 1 heteroatoms. The van der Waals surface area contributed by atoms with Crippen molar-refractivity contribution in [3.63, 3.8) is 0 Å². The minimum atomic E-state index is -0.568. The van der Waals surface area contributed by atoms with Crippen molar-refractivity contribution in [1.29, 1.82) is 0 Å². The highest BCUT2D eigenvalue weighted by Crippen LogP contribution is 2.19. The van der Waals surface area contributed by atoms with Crippen LogP contribution < -0.4 is 0 Å². The molecule has 1 N–H and O–H groups in total. The van der Waals surface area contributed by atoms with Gasteiger partial charge in [0.25, 0.3) is 0 Å². The van der Waals surface area contributed by atoms with Gasteiger partial charge in [-0.2, -0.15) is 0 Å². The van der Waals surface area contributed by atoms with Gasteiger partial charge in [-0.25, -0.2) is 0 Å². The third kappa shape index (κ3) is 4.74. The Labute approximate surface area is 105 Å². The topological polar surface area (TPSA) is 20.2 Å². The van der Waals surface area contributed by atoms with Crippen LogP contribution in [0.5, 0.6) is 0 Å². The second kappa shape index (κ2) is 5.50. The quantitative estimate of drug-likeness (QED) is 0.825. The summed E-state index contributed by atoms with van der Waals surface area (Å²) in [5.74, 6) is 0. The molecule has 0 aromatic heterocycles. The molecule has 0 aliphatic heterocycles. The van der Waals surface area contributed by atoms with E-state index in [0.29, 0.717) is 0 Å². The van der Waals surface area contributed by atoms with Crippen molar-refractivity contribution < 1.29 is 5.11 Å². The van der Waals surface area contributed by atoms with E-state index in [-0.39, 0.29) is 0 Å². The summed E-state index contributed by atoms with van der Waals surface area (Å²) < 4.78 is 0. The van der Waals surface area contributed by atoms with E-state index < -0.39 is 5.60 Å². The van der Waals surface area contributed by atoms with Crippen LogP contribution >= 0.6 is 0 Å². The molecule has 17 heavy (non-hydrogen) atoms. The molecular weight excluding hydrogens is 208 g/mol. The summed E-state index contributed by atoms with van der Waals surface area (Å²) >= 11 is 0. The zero-order valence-electron chi connectivity index (χ0n) is 11.7. The Hall–Kier alpha value is -1.08. The monoisotopic (exact) mass is 232 g/mol. The predicted molar refractivity (Wildman–Crippen MR) is 75.2 cm³/mol. The Morgan fingerprint density at radius 2 is 1.65 bits per heavy atom. The van der Waals surface area contributed by atoms with Gasteiger partial charge in [-0.1, -0.05) is 29.8 Å². The molecule has 0 aliphatic carbocycles. The van der Waals surface area contributed by atoms with Crippen LogP contribution in [0.1, 0.15) is 48.9 Å². The van der Waals surface area contributed by atoms with Gasteiger partial charge >= 0.3 is 0 Å². The molecule has 0 spiro atoms. The maximum atomic E-state index is 9.63. The molecule has 1 rings (SSSR count). The van der Waals surface area contributed by atoms with Gasteiger partial charge in [0.05, 0.1) is 5.60 Å².